The standard InChI is InChI=1S/C28H48N2O8S.Na/c1-16(4-7-24(34)30-15-25(35)29-10-11-39(36,37)38)19-5-6-20-26-21(14-23(33)28(19,20)3)27(2)9-8-18(31)12-17(27)13-22(26)32;/h16-23,26,31-33H,4-15H2,1-3H3,(H,29,35)(H,30,34)(H,36,37,38);/q;+1/p-1/t16-,17?,18-,19+,20?,21-,22-,23+,26-,27?,28+;/m1./s1. The van der Waals surface area contributed by atoms with E-state index in [1.54, 1.807) is 0 Å². The molecule has 2 amide bonds. The predicted molar refractivity (Wildman–Crippen MR) is 143 cm³/mol. The molecule has 4 aliphatic rings. The maximum absolute atomic E-state index is 12.4. The number of fused-ring (bicyclic) bond motifs is 5. The summed E-state index contributed by atoms with van der Waals surface area (Å²) in [5.74, 6) is -0.259. The maximum Gasteiger partial charge on any atom is 1.00 e. The van der Waals surface area contributed by atoms with Gasteiger partial charge in [0.2, 0.25) is 11.8 Å². The Bertz CT molecular complexity index is 1030. The number of aliphatic hydroxyl groups is 3. The first-order valence-corrected chi connectivity index (χ1v) is 16.3. The SMILES string of the molecule is C[C@H](CCC(=O)NCC(=O)NCCS(=O)(=O)[O-])[C@@H]1CCC2[C@H]3[C@H](O)CC4C[C@H](O)CCC4(C)[C@@H]3C[C@H](O)[C@]21C.[Na+]. The van der Waals surface area contributed by atoms with Crippen molar-refractivity contribution in [1.29, 1.82) is 0 Å². The zero-order valence-electron chi connectivity index (χ0n) is 24.5. The first kappa shape index (κ1) is 34.2. The van der Waals surface area contributed by atoms with Crippen molar-refractivity contribution in [2.24, 2.45) is 46.3 Å². The summed E-state index contributed by atoms with van der Waals surface area (Å²) >= 11 is 0. The Hall–Kier alpha value is -0.270. The average molecular weight is 595 g/mol. The van der Waals surface area contributed by atoms with E-state index in [4.69, 9.17) is 0 Å². The molecule has 0 heterocycles. The normalized spacial score (nSPS) is 41.5. The van der Waals surface area contributed by atoms with Crippen LogP contribution in [0.5, 0.6) is 0 Å². The third-order valence-electron chi connectivity index (χ3n) is 11.5. The molecule has 224 valence electrons. The van der Waals surface area contributed by atoms with Crippen LogP contribution < -0.4 is 40.2 Å². The summed E-state index contributed by atoms with van der Waals surface area (Å²) in [5, 5.41) is 38.2. The molecule has 4 fully saturated rings. The Kier molecular flexibility index (Phi) is 11.3. The zero-order chi connectivity index (χ0) is 28.8. The molecule has 4 saturated carbocycles. The molecule has 0 aromatic rings. The Morgan fingerprint density at radius 1 is 1.00 bits per heavy atom. The molecule has 5 N–H and O–H groups in total. The van der Waals surface area contributed by atoms with Gasteiger partial charge >= 0.3 is 29.6 Å². The number of carbonyl (C=O) groups is 2. The van der Waals surface area contributed by atoms with Crippen molar-refractivity contribution in [2.45, 2.75) is 96.9 Å². The van der Waals surface area contributed by atoms with Gasteiger partial charge in [-0.2, -0.15) is 0 Å². The number of hydrogen-bond acceptors (Lipinski definition) is 8. The number of aliphatic hydroxyl groups excluding tert-OH is 3. The number of nitrogens with one attached hydrogen (secondary N) is 2. The molecule has 4 aliphatic carbocycles. The van der Waals surface area contributed by atoms with E-state index in [9.17, 15) is 37.9 Å². The monoisotopic (exact) mass is 594 g/mol. The second-order valence-electron chi connectivity index (χ2n) is 13.4. The van der Waals surface area contributed by atoms with Crippen LogP contribution in [-0.2, 0) is 19.7 Å². The van der Waals surface area contributed by atoms with Gasteiger partial charge in [0.15, 0.2) is 0 Å². The second kappa shape index (κ2) is 13.2. The predicted octanol–water partition coefficient (Wildman–Crippen LogP) is -1.85. The van der Waals surface area contributed by atoms with Gasteiger partial charge in [-0.3, -0.25) is 9.59 Å². The number of carbonyl (C=O) groups excluding carboxylic acids is 2. The van der Waals surface area contributed by atoms with Crippen molar-refractivity contribution >= 4 is 21.9 Å². The van der Waals surface area contributed by atoms with Crippen molar-refractivity contribution in [1.82, 2.24) is 10.6 Å². The summed E-state index contributed by atoms with van der Waals surface area (Å²) in [4.78, 5) is 24.2. The Morgan fingerprint density at radius 3 is 2.38 bits per heavy atom. The number of hydrogen-bond donors (Lipinski definition) is 5. The van der Waals surface area contributed by atoms with Gasteiger partial charge < -0.3 is 30.5 Å². The third kappa shape index (κ3) is 6.93. The summed E-state index contributed by atoms with van der Waals surface area (Å²) in [7, 11) is -4.41. The van der Waals surface area contributed by atoms with Crippen LogP contribution in [0.25, 0.3) is 0 Å². The van der Waals surface area contributed by atoms with Gasteiger partial charge in [0.25, 0.3) is 0 Å². The third-order valence-corrected chi connectivity index (χ3v) is 12.2. The topological polar surface area (TPSA) is 176 Å². The van der Waals surface area contributed by atoms with Crippen LogP contribution in [0.2, 0.25) is 0 Å². The van der Waals surface area contributed by atoms with Crippen molar-refractivity contribution in [3.63, 3.8) is 0 Å². The van der Waals surface area contributed by atoms with Crippen molar-refractivity contribution in [2.75, 3.05) is 18.8 Å². The molecule has 0 aliphatic heterocycles. The summed E-state index contributed by atoms with van der Waals surface area (Å²) in [6, 6.07) is 0. The largest absolute Gasteiger partial charge is 1.00 e. The minimum atomic E-state index is -4.41. The number of amides is 2. The fourth-order valence-electron chi connectivity index (χ4n) is 9.34. The maximum atomic E-state index is 12.4. The minimum absolute atomic E-state index is 0. The molecule has 0 saturated heterocycles. The quantitative estimate of drug-likeness (QED) is 0.153. The van der Waals surface area contributed by atoms with Crippen LogP contribution in [0.15, 0.2) is 0 Å². The molecule has 11 atom stereocenters. The van der Waals surface area contributed by atoms with Gasteiger partial charge in [-0.15, -0.1) is 0 Å². The molecule has 0 radical (unpaired) electrons. The van der Waals surface area contributed by atoms with E-state index in [0.717, 1.165) is 38.5 Å². The summed E-state index contributed by atoms with van der Waals surface area (Å²) in [6.45, 7) is 6.05. The van der Waals surface area contributed by atoms with Crippen LogP contribution in [0.3, 0.4) is 0 Å². The van der Waals surface area contributed by atoms with Crippen LogP contribution in [0, 0.1) is 46.3 Å². The minimum Gasteiger partial charge on any atom is -0.748 e. The smallest absolute Gasteiger partial charge is 0.748 e. The van der Waals surface area contributed by atoms with E-state index in [0.29, 0.717) is 12.8 Å². The molecular formula is C28H47N2NaO8S. The fraction of sp³-hybridized carbons (Fsp3) is 0.929. The molecule has 4 rings (SSSR count). The van der Waals surface area contributed by atoms with Gasteiger partial charge in [-0.05, 0) is 97.7 Å². The molecule has 40 heavy (non-hydrogen) atoms. The van der Waals surface area contributed by atoms with Gasteiger partial charge in [0, 0.05) is 13.0 Å². The van der Waals surface area contributed by atoms with E-state index >= 15 is 0 Å². The molecule has 0 spiro atoms. The average Bonchev–Trinajstić information content (AvgIpc) is 3.20. The summed E-state index contributed by atoms with van der Waals surface area (Å²) in [5.41, 5.74) is -0.306. The van der Waals surface area contributed by atoms with Gasteiger partial charge in [-0.1, -0.05) is 20.8 Å². The van der Waals surface area contributed by atoms with E-state index in [1.165, 1.54) is 0 Å². The molecule has 0 aromatic carbocycles. The molecule has 0 aromatic heterocycles. The van der Waals surface area contributed by atoms with E-state index in [1.807, 2.05) is 0 Å². The first-order valence-electron chi connectivity index (χ1n) is 14.7. The Labute approximate surface area is 260 Å². The first-order chi connectivity index (χ1) is 18.2. The van der Waals surface area contributed by atoms with Crippen LogP contribution in [-0.4, -0.2) is 77.3 Å². The Balaban J connectivity index is 0.00000441. The zero-order valence-corrected chi connectivity index (χ0v) is 27.3. The van der Waals surface area contributed by atoms with Crippen LogP contribution in [0.1, 0.15) is 78.6 Å². The summed E-state index contributed by atoms with van der Waals surface area (Å²) < 4.78 is 31.9. The van der Waals surface area contributed by atoms with Crippen molar-refractivity contribution in [3.05, 3.63) is 0 Å². The van der Waals surface area contributed by atoms with Crippen molar-refractivity contribution < 1.29 is 67.4 Å². The van der Waals surface area contributed by atoms with Gasteiger partial charge in [0.1, 0.15) is 0 Å². The molecule has 12 heteroatoms. The molecule has 0 bridgehead atoms. The van der Waals surface area contributed by atoms with E-state index in [-0.39, 0.29) is 107 Å². The molecule has 10 nitrogen and oxygen atoms in total. The van der Waals surface area contributed by atoms with Gasteiger partial charge in [0.05, 0.1) is 40.7 Å². The second-order valence-corrected chi connectivity index (χ2v) is 15.0. The summed E-state index contributed by atoms with van der Waals surface area (Å²) in [6.07, 6.45) is 5.39. The van der Waals surface area contributed by atoms with E-state index in [2.05, 4.69) is 31.4 Å². The van der Waals surface area contributed by atoms with Crippen LogP contribution in [0.4, 0.5) is 0 Å². The van der Waals surface area contributed by atoms with E-state index < -0.39 is 34.0 Å². The molecular weight excluding hydrogens is 547 g/mol. The Morgan fingerprint density at radius 2 is 1.70 bits per heavy atom. The van der Waals surface area contributed by atoms with Crippen molar-refractivity contribution in [3.8, 4) is 0 Å². The fourth-order valence-corrected chi connectivity index (χ4v) is 9.69. The number of rotatable bonds is 9. The molecule has 3 unspecified atom stereocenters. The van der Waals surface area contributed by atoms with Gasteiger partial charge in [-0.25, -0.2) is 8.42 Å². The van der Waals surface area contributed by atoms with Crippen LogP contribution >= 0.6 is 0 Å².